The molecule has 4 heteroatoms. The lowest BCUT2D eigenvalue weighted by Crippen LogP contribution is -2.51. The second kappa shape index (κ2) is 5.27. The number of nitrogens with zero attached hydrogens (tertiary/aromatic N) is 1. The molecule has 1 saturated carbocycles. The Morgan fingerprint density at radius 1 is 1.27 bits per heavy atom. The van der Waals surface area contributed by atoms with E-state index in [1.807, 2.05) is 11.0 Å². The average molecular weight is 296 g/mol. The van der Waals surface area contributed by atoms with Gasteiger partial charge in [-0.1, -0.05) is 30.7 Å². The van der Waals surface area contributed by atoms with Crippen molar-refractivity contribution in [2.45, 2.75) is 31.7 Å². The van der Waals surface area contributed by atoms with Gasteiger partial charge in [-0.15, -0.1) is 0 Å². The second-order valence-electron chi connectivity index (χ2n) is 6.43. The van der Waals surface area contributed by atoms with Crippen LogP contribution in [-0.2, 0) is 16.0 Å². The zero-order valence-corrected chi connectivity index (χ0v) is 12.5. The van der Waals surface area contributed by atoms with E-state index in [0.717, 1.165) is 32.2 Å². The molecule has 0 spiro atoms. The molecule has 1 aliphatic carbocycles. The van der Waals surface area contributed by atoms with Gasteiger partial charge in [-0.25, -0.2) is 0 Å². The monoisotopic (exact) mass is 296 g/mol. The van der Waals surface area contributed by atoms with Gasteiger partial charge in [-0.05, 0) is 30.4 Å². The molecule has 1 N–H and O–H groups in total. The summed E-state index contributed by atoms with van der Waals surface area (Å²) in [7, 11) is 0. The van der Waals surface area contributed by atoms with Gasteiger partial charge in [0.1, 0.15) is 5.70 Å². The number of carbonyl (C=O) groups excluding carboxylic acids is 2. The first-order valence-corrected chi connectivity index (χ1v) is 8.12. The van der Waals surface area contributed by atoms with Crippen LogP contribution in [0.25, 0.3) is 0 Å². The number of carbonyl (C=O) groups is 2. The van der Waals surface area contributed by atoms with E-state index in [9.17, 15) is 9.59 Å². The highest BCUT2D eigenvalue weighted by molar-refractivity contribution is 6.03. The van der Waals surface area contributed by atoms with Crippen LogP contribution in [0.4, 0.5) is 0 Å². The van der Waals surface area contributed by atoms with Crippen molar-refractivity contribution >= 4 is 11.7 Å². The number of hydrogen-bond acceptors (Lipinski definition) is 3. The lowest BCUT2D eigenvalue weighted by Gasteiger charge is -2.41. The van der Waals surface area contributed by atoms with Gasteiger partial charge in [0.2, 0.25) is 0 Å². The van der Waals surface area contributed by atoms with Crippen molar-refractivity contribution in [3.8, 4) is 0 Å². The van der Waals surface area contributed by atoms with Gasteiger partial charge in [-0.3, -0.25) is 9.59 Å². The number of allylic oxidation sites excluding steroid dienone is 1. The maximum absolute atomic E-state index is 12.7. The molecule has 2 heterocycles. The molecule has 4 nitrogen and oxygen atoms in total. The summed E-state index contributed by atoms with van der Waals surface area (Å²) in [5, 5.41) is 3.19. The summed E-state index contributed by atoms with van der Waals surface area (Å²) < 4.78 is 0. The predicted octanol–water partition coefficient (Wildman–Crippen LogP) is 1.97. The van der Waals surface area contributed by atoms with Crippen molar-refractivity contribution in [2.24, 2.45) is 5.92 Å². The fourth-order valence-electron chi connectivity index (χ4n) is 3.62. The Hall–Kier alpha value is -2.10. The van der Waals surface area contributed by atoms with Gasteiger partial charge in [0, 0.05) is 25.1 Å². The molecular weight excluding hydrogens is 276 g/mol. The quantitative estimate of drug-likeness (QED) is 0.849. The topological polar surface area (TPSA) is 49.4 Å². The molecule has 4 rings (SSSR count). The number of piperazine rings is 1. The zero-order valence-electron chi connectivity index (χ0n) is 12.5. The molecular formula is C18H20N2O2. The third-order valence-corrected chi connectivity index (χ3v) is 5.18. The first-order chi connectivity index (χ1) is 10.7. The van der Waals surface area contributed by atoms with Crippen molar-refractivity contribution < 1.29 is 9.59 Å². The second-order valence-corrected chi connectivity index (χ2v) is 6.43. The molecule has 3 aliphatic rings. The Morgan fingerprint density at radius 3 is 2.86 bits per heavy atom. The summed E-state index contributed by atoms with van der Waals surface area (Å²) in [6.07, 6.45) is 5.50. The predicted molar refractivity (Wildman–Crippen MR) is 83.0 cm³/mol. The maximum atomic E-state index is 12.7. The molecule has 2 aliphatic heterocycles. The van der Waals surface area contributed by atoms with Crippen LogP contribution in [0.1, 0.15) is 36.4 Å². The number of fused-ring (bicyclic) bond motifs is 3. The minimum absolute atomic E-state index is 0.0292. The molecule has 1 saturated heterocycles. The van der Waals surface area contributed by atoms with Crippen LogP contribution in [0.5, 0.6) is 0 Å². The number of hydrogen-bond donors (Lipinski definition) is 1. The van der Waals surface area contributed by atoms with Gasteiger partial charge >= 0.3 is 0 Å². The normalized spacial score (nSPS) is 26.0. The summed E-state index contributed by atoms with van der Waals surface area (Å²) >= 11 is 0. The summed E-state index contributed by atoms with van der Waals surface area (Å²) in [4.78, 5) is 26.7. The molecule has 114 valence electrons. The van der Waals surface area contributed by atoms with E-state index in [-0.39, 0.29) is 23.7 Å². The number of nitrogens with one attached hydrogen (secondary N) is 1. The van der Waals surface area contributed by atoms with Gasteiger partial charge in [0.15, 0.2) is 5.78 Å². The van der Waals surface area contributed by atoms with E-state index in [4.69, 9.17) is 0 Å². The Morgan fingerprint density at radius 2 is 2.09 bits per heavy atom. The van der Waals surface area contributed by atoms with Crippen LogP contribution >= 0.6 is 0 Å². The summed E-state index contributed by atoms with van der Waals surface area (Å²) in [6.45, 7) is 1.42. The standard InChI is InChI=1S/C18H20N2O2/c21-17(13-5-3-6-13)10-15-18(22)20-9-8-12-4-1-2-7-14(12)16(20)11-19-15/h1-2,4,7,10,13,16,19H,3,5-6,8-9,11H2. The van der Waals surface area contributed by atoms with Crippen LogP contribution in [-0.4, -0.2) is 29.7 Å². The van der Waals surface area contributed by atoms with E-state index in [2.05, 4.69) is 23.5 Å². The SMILES string of the molecule is O=C(C=C1NCC2c3ccccc3CCN2C1=O)C1CCC1. The van der Waals surface area contributed by atoms with Crippen molar-refractivity contribution in [3.05, 3.63) is 47.2 Å². The molecule has 22 heavy (non-hydrogen) atoms. The highest BCUT2D eigenvalue weighted by atomic mass is 16.2. The summed E-state index contributed by atoms with van der Waals surface area (Å²) in [6, 6.07) is 8.42. The molecule has 1 aromatic rings. The molecule has 1 unspecified atom stereocenters. The number of ketones is 1. The Bertz CT molecular complexity index is 661. The minimum atomic E-state index is -0.0292. The molecule has 1 atom stereocenters. The van der Waals surface area contributed by atoms with Crippen LogP contribution in [0.15, 0.2) is 36.0 Å². The van der Waals surface area contributed by atoms with Crippen molar-refractivity contribution in [1.29, 1.82) is 0 Å². The van der Waals surface area contributed by atoms with Crippen LogP contribution in [0, 0.1) is 5.92 Å². The van der Waals surface area contributed by atoms with Crippen molar-refractivity contribution in [3.63, 3.8) is 0 Å². The lowest BCUT2D eigenvalue weighted by molar-refractivity contribution is -0.132. The Kier molecular flexibility index (Phi) is 3.25. The van der Waals surface area contributed by atoms with Crippen molar-refractivity contribution in [1.82, 2.24) is 10.2 Å². The van der Waals surface area contributed by atoms with Crippen LogP contribution < -0.4 is 5.32 Å². The highest BCUT2D eigenvalue weighted by Crippen LogP contribution is 2.33. The van der Waals surface area contributed by atoms with Crippen molar-refractivity contribution in [2.75, 3.05) is 13.1 Å². The molecule has 0 aromatic heterocycles. The van der Waals surface area contributed by atoms with Gasteiger partial charge < -0.3 is 10.2 Å². The lowest BCUT2D eigenvalue weighted by atomic mass is 9.82. The molecule has 1 aromatic carbocycles. The Labute approximate surface area is 130 Å². The summed E-state index contributed by atoms with van der Waals surface area (Å²) in [5.41, 5.74) is 3.04. The fraction of sp³-hybridized carbons (Fsp3) is 0.444. The molecule has 0 radical (unpaired) electrons. The number of rotatable bonds is 2. The highest BCUT2D eigenvalue weighted by Gasteiger charge is 2.36. The van der Waals surface area contributed by atoms with Gasteiger partial charge in [0.25, 0.3) is 5.91 Å². The van der Waals surface area contributed by atoms with E-state index in [1.165, 1.54) is 11.1 Å². The number of amides is 1. The molecule has 2 fully saturated rings. The average Bonchev–Trinajstić information content (AvgIpc) is 2.48. The van der Waals surface area contributed by atoms with E-state index in [1.54, 1.807) is 6.08 Å². The van der Waals surface area contributed by atoms with Crippen LogP contribution in [0.2, 0.25) is 0 Å². The van der Waals surface area contributed by atoms with Gasteiger partial charge in [-0.2, -0.15) is 0 Å². The zero-order chi connectivity index (χ0) is 15.1. The van der Waals surface area contributed by atoms with Gasteiger partial charge in [0.05, 0.1) is 6.04 Å². The first-order valence-electron chi connectivity index (χ1n) is 8.12. The molecule has 0 bridgehead atoms. The smallest absolute Gasteiger partial charge is 0.270 e. The fourth-order valence-corrected chi connectivity index (χ4v) is 3.62. The third-order valence-electron chi connectivity index (χ3n) is 5.18. The van der Waals surface area contributed by atoms with E-state index < -0.39 is 0 Å². The first kappa shape index (κ1) is 13.6. The van der Waals surface area contributed by atoms with E-state index in [0.29, 0.717) is 12.2 Å². The largest absolute Gasteiger partial charge is 0.378 e. The molecule has 1 amide bonds. The Balaban J connectivity index is 1.57. The minimum Gasteiger partial charge on any atom is -0.378 e. The maximum Gasteiger partial charge on any atom is 0.270 e. The summed E-state index contributed by atoms with van der Waals surface area (Å²) in [5.74, 6) is 0.221. The third kappa shape index (κ3) is 2.14. The number of benzene rings is 1. The van der Waals surface area contributed by atoms with E-state index >= 15 is 0 Å². The van der Waals surface area contributed by atoms with Crippen LogP contribution in [0.3, 0.4) is 0 Å².